The zero-order chi connectivity index (χ0) is 22.8. The van der Waals surface area contributed by atoms with Gasteiger partial charge in [-0.25, -0.2) is 13.6 Å². The van der Waals surface area contributed by atoms with Crippen molar-refractivity contribution in [2.45, 2.75) is 13.3 Å². The predicted molar refractivity (Wildman–Crippen MR) is 116 cm³/mol. The number of rotatable bonds is 5. The van der Waals surface area contributed by atoms with Gasteiger partial charge in [-0.3, -0.25) is 4.79 Å². The number of hydrogen-bond donors (Lipinski definition) is 1. The van der Waals surface area contributed by atoms with Crippen LogP contribution in [0.2, 0.25) is 0 Å². The summed E-state index contributed by atoms with van der Waals surface area (Å²) in [5, 5.41) is 6.60. The summed E-state index contributed by atoms with van der Waals surface area (Å²) in [4.78, 5) is 23.9. The summed E-state index contributed by atoms with van der Waals surface area (Å²) < 4.78 is 34.0. The predicted octanol–water partition coefficient (Wildman–Crippen LogP) is 4.80. The summed E-state index contributed by atoms with van der Waals surface area (Å²) in [5.74, 6) is -3.05. The Morgan fingerprint density at radius 2 is 1.69 bits per heavy atom. The summed E-state index contributed by atoms with van der Waals surface area (Å²) in [6.45, 7) is 2.02. The molecular weight excluding hydrogens is 416 g/mol. The number of nitrogens with zero attached hydrogens (tertiary/aromatic N) is 2. The molecule has 1 amide bonds. The lowest BCUT2D eigenvalue weighted by Gasteiger charge is -2.11. The number of nitrogens with one attached hydrogen (secondary N) is 1. The molecule has 0 unspecified atom stereocenters. The Hall–Kier alpha value is -4.07. The Kier molecular flexibility index (Phi) is 5.68. The Balaban J connectivity index is 1.63. The molecule has 8 heteroatoms. The third-order valence-electron chi connectivity index (χ3n) is 5.07. The molecule has 3 aromatic carbocycles. The van der Waals surface area contributed by atoms with Crippen molar-refractivity contribution in [1.29, 1.82) is 0 Å². The van der Waals surface area contributed by atoms with Crippen molar-refractivity contribution >= 4 is 11.6 Å². The molecule has 0 aliphatic rings. The summed E-state index contributed by atoms with van der Waals surface area (Å²) in [6.07, 6.45) is 0.771. The van der Waals surface area contributed by atoms with Crippen LogP contribution in [0.5, 0.6) is 0 Å². The highest BCUT2D eigenvalue weighted by atomic mass is 19.1. The first kappa shape index (κ1) is 21.2. The van der Waals surface area contributed by atoms with Crippen LogP contribution in [-0.4, -0.2) is 15.7 Å². The van der Waals surface area contributed by atoms with Gasteiger partial charge in [-0.05, 0) is 59.5 Å². The Morgan fingerprint density at radius 1 is 1.03 bits per heavy atom. The van der Waals surface area contributed by atoms with Crippen molar-refractivity contribution in [3.05, 3.63) is 94.0 Å². The van der Waals surface area contributed by atoms with Gasteiger partial charge < -0.3 is 9.73 Å². The van der Waals surface area contributed by atoms with Gasteiger partial charge in [0, 0.05) is 18.3 Å². The average Bonchev–Trinajstić information content (AvgIpc) is 3.12. The van der Waals surface area contributed by atoms with E-state index in [1.165, 1.54) is 13.1 Å². The van der Waals surface area contributed by atoms with Crippen LogP contribution < -0.4 is 11.1 Å². The molecule has 0 radical (unpaired) electrons. The second kappa shape index (κ2) is 8.58. The van der Waals surface area contributed by atoms with Crippen LogP contribution in [0.3, 0.4) is 0 Å². The van der Waals surface area contributed by atoms with Gasteiger partial charge in [-0.2, -0.15) is 4.68 Å². The molecular formula is C24H19F2N3O3. The van der Waals surface area contributed by atoms with E-state index in [9.17, 15) is 18.4 Å². The first-order chi connectivity index (χ1) is 15.4. The second-order valence-corrected chi connectivity index (χ2v) is 7.15. The standard InChI is InChI=1S/C24H19F2N3O3/c1-3-14-7-8-16(23-28-29(2)24(31)32-23)13-18(14)15-9-11-17(12-10-15)27-22(30)21-19(25)5-4-6-20(21)26/h4-13H,3H2,1-2H3,(H,27,30). The maximum absolute atomic E-state index is 13.8. The number of hydrogen-bond acceptors (Lipinski definition) is 4. The minimum Gasteiger partial charge on any atom is -0.388 e. The van der Waals surface area contributed by atoms with E-state index in [1.807, 2.05) is 25.1 Å². The quantitative estimate of drug-likeness (QED) is 0.489. The Bertz CT molecular complexity index is 1340. The van der Waals surface area contributed by atoms with Gasteiger partial charge in [0.2, 0.25) is 5.89 Å². The highest BCUT2D eigenvalue weighted by Crippen LogP contribution is 2.30. The maximum atomic E-state index is 13.8. The van der Waals surface area contributed by atoms with E-state index in [2.05, 4.69) is 10.4 Å². The number of aryl methyl sites for hydroxylation is 2. The monoisotopic (exact) mass is 435 g/mol. The van der Waals surface area contributed by atoms with Crippen molar-refractivity contribution in [3.63, 3.8) is 0 Å². The largest absolute Gasteiger partial charge is 0.437 e. The number of carbonyl (C=O) groups is 1. The van der Waals surface area contributed by atoms with Crippen molar-refractivity contribution in [2.75, 3.05) is 5.32 Å². The van der Waals surface area contributed by atoms with Gasteiger partial charge in [-0.1, -0.05) is 31.2 Å². The zero-order valence-corrected chi connectivity index (χ0v) is 17.4. The summed E-state index contributed by atoms with van der Waals surface area (Å²) in [5.41, 5.74) is 3.26. The SMILES string of the molecule is CCc1ccc(-c2nn(C)c(=O)o2)cc1-c1ccc(NC(=O)c2c(F)cccc2F)cc1. The molecule has 6 nitrogen and oxygen atoms in total. The molecule has 0 bridgehead atoms. The van der Waals surface area contributed by atoms with Crippen LogP contribution >= 0.6 is 0 Å². The van der Waals surface area contributed by atoms with E-state index in [-0.39, 0.29) is 5.89 Å². The number of halogens is 2. The fourth-order valence-corrected chi connectivity index (χ4v) is 3.39. The van der Waals surface area contributed by atoms with Gasteiger partial charge in [0.15, 0.2) is 0 Å². The molecule has 0 atom stereocenters. The lowest BCUT2D eigenvalue weighted by atomic mass is 9.95. The van der Waals surface area contributed by atoms with Crippen molar-refractivity contribution < 1.29 is 18.0 Å². The smallest absolute Gasteiger partial charge is 0.388 e. The van der Waals surface area contributed by atoms with Gasteiger partial charge in [0.05, 0.1) is 0 Å². The van der Waals surface area contributed by atoms with Crippen molar-refractivity contribution in [3.8, 4) is 22.6 Å². The highest BCUT2D eigenvalue weighted by molar-refractivity contribution is 6.04. The Morgan fingerprint density at radius 3 is 2.28 bits per heavy atom. The van der Waals surface area contributed by atoms with Gasteiger partial charge in [-0.15, -0.1) is 5.10 Å². The van der Waals surface area contributed by atoms with Crippen LogP contribution in [0.1, 0.15) is 22.8 Å². The molecule has 0 fully saturated rings. The third-order valence-corrected chi connectivity index (χ3v) is 5.07. The first-order valence-corrected chi connectivity index (χ1v) is 9.90. The third kappa shape index (κ3) is 4.07. The Labute approximate surface area is 182 Å². The first-order valence-electron chi connectivity index (χ1n) is 9.90. The van der Waals surface area contributed by atoms with Gasteiger partial charge in [0.25, 0.3) is 5.91 Å². The molecule has 4 aromatic rings. The van der Waals surface area contributed by atoms with E-state index >= 15 is 0 Å². The molecule has 1 aromatic heterocycles. The lowest BCUT2D eigenvalue weighted by molar-refractivity contribution is 0.101. The number of aromatic nitrogens is 2. The van der Waals surface area contributed by atoms with E-state index in [4.69, 9.17) is 4.42 Å². The lowest BCUT2D eigenvalue weighted by Crippen LogP contribution is -2.15. The van der Waals surface area contributed by atoms with Crippen LogP contribution in [0.25, 0.3) is 22.6 Å². The normalized spacial score (nSPS) is 10.9. The molecule has 4 rings (SSSR count). The van der Waals surface area contributed by atoms with Crippen molar-refractivity contribution in [2.24, 2.45) is 7.05 Å². The number of amides is 1. The van der Waals surface area contributed by atoms with E-state index in [1.54, 1.807) is 24.3 Å². The fraction of sp³-hybridized carbons (Fsp3) is 0.125. The number of anilines is 1. The minimum atomic E-state index is -0.926. The molecule has 162 valence electrons. The molecule has 0 saturated heterocycles. The topological polar surface area (TPSA) is 77.1 Å². The van der Waals surface area contributed by atoms with Crippen LogP contribution in [0.4, 0.5) is 14.5 Å². The van der Waals surface area contributed by atoms with Crippen molar-refractivity contribution in [1.82, 2.24) is 9.78 Å². The molecule has 0 spiro atoms. The van der Waals surface area contributed by atoms with Crippen LogP contribution in [0, 0.1) is 11.6 Å². The summed E-state index contributed by atoms with van der Waals surface area (Å²) >= 11 is 0. The molecule has 0 saturated carbocycles. The second-order valence-electron chi connectivity index (χ2n) is 7.15. The van der Waals surface area contributed by atoms with E-state index in [0.29, 0.717) is 11.3 Å². The molecule has 1 heterocycles. The highest BCUT2D eigenvalue weighted by Gasteiger charge is 2.17. The van der Waals surface area contributed by atoms with Gasteiger partial charge in [0.1, 0.15) is 17.2 Å². The van der Waals surface area contributed by atoms with E-state index < -0.39 is 28.9 Å². The number of benzene rings is 3. The molecule has 1 N–H and O–H groups in total. The van der Waals surface area contributed by atoms with E-state index in [0.717, 1.165) is 39.9 Å². The zero-order valence-electron chi connectivity index (χ0n) is 17.4. The molecule has 0 aliphatic heterocycles. The molecule has 32 heavy (non-hydrogen) atoms. The minimum absolute atomic E-state index is 0.220. The molecule has 0 aliphatic carbocycles. The fourth-order valence-electron chi connectivity index (χ4n) is 3.39. The maximum Gasteiger partial charge on any atom is 0.437 e. The summed E-state index contributed by atoms with van der Waals surface area (Å²) in [6, 6.07) is 15.8. The summed E-state index contributed by atoms with van der Waals surface area (Å²) in [7, 11) is 1.51. The average molecular weight is 435 g/mol. The van der Waals surface area contributed by atoms with Crippen LogP contribution in [0.15, 0.2) is 69.9 Å². The van der Waals surface area contributed by atoms with Gasteiger partial charge >= 0.3 is 5.76 Å². The number of carbonyl (C=O) groups excluding carboxylic acids is 1. The van der Waals surface area contributed by atoms with Crippen LogP contribution in [-0.2, 0) is 13.5 Å².